The van der Waals surface area contributed by atoms with Gasteiger partial charge in [-0.2, -0.15) is 5.10 Å². The van der Waals surface area contributed by atoms with E-state index in [1.54, 1.807) is 12.4 Å². The number of hydrogen-bond donors (Lipinski definition) is 0. The maximum absolute atomic E-state index is 11.9. The molecule has 0 aliphatic carbocycles. The smallest absolute Gasteiger partial charge is 0.410 e. The van der Waals surface area contributed by atoms with Crippen LogP contribution in [-0.2, 0) is 22.6 Å². The third kappa shape index (κ3) is 7.28. The molecule has 11 heteroatoms. The Balaban J connectivity index is 1.01. The number of piperidine rings is 1. The van der Waals surface area contributed by atoms with Crippen LogP contribution in [-0.4, -0.2) is 84.2 Å². The lowest BCUT2D eigenvalue weighted by Gasteiger charge is -2.35. The van der Waals surface area contributed by atoms with Crippen molar-refractivity contribution >= 4 is 25.1 Å². The Hall–Kier alpha value is -3.67. The highest BCUT2D eigenvalue weighted by Gasteiger charge is 2.32. The second kappa shape index (κ2) is 12.9. The van der Waals surface area contributed by atoms with Gasteiger partial charge in [0.2, 0.25) is 5.88 Å². The fourth-order valence-corrected chi connectivity index (χ4v) is 6.47. The molecule has 0 unspecified atom stereocenters. The Morgan fingerprint density at radius 2 is 1.93 bits per heavy atom. The molecule has 2 saturated heterocycles. The van der Waals surface area contributed by atoms with E-state index < -0.39 is 8.07 Å². The summed E-state index contributed by atoms with van der Waals surface area (Å²) in [6, 6.07) is 13.2. The minimum absolute atomic E-state index is 0.156. The zero-order valence-corrected chi connectivity index (χ0v) is 26.3. The topological polar surface area (TPSA) is 95.1 Å². The fraction of sp³-hybridized carbons (Fsp3) is 0.469. The van der Waals surface area contributed by atoms with Crippen LogP contribution in [0.3, 0.4) is 0 Å². The first-order valence-corrected chi connectivity index (χ1v) is 18.9. The number of fused-ring (bicyclic) bond motifs is 1. The first-order chi connectivity index (χ1) is 20.8. The lowest BCUT2D eigenvalue weighted by Crippen LogP contribution is -2.45. The first kappa shape index (κ1) is 29.4. The van der Waals surface area contributed by atoms with Crippen molar-refractivity contribution in [2.75, 3.05) is 39.4 Å². The van der Waals surface area contributed by atoms with Crippen molar-refractivity contribution in [2.24, 2.45) is 0 Å². The molecule has 1 aromatic carbocycles. The van der Waals surface area contributed by atoms with E-state index in [0.29, 0.717) is 31.0 Å². The van der Waals surface area contributed by atoms with E-state index in [1.165, 1.54) is 5.56 Å². The number of amides is 1. The second-order valence-corrected chi connectivity index (χ2v) is 18.2. The van der Waals surface area contributed by atoms with E-state index in [2.05, 4.69) is 40.7 Å². The number of rotatable bonds is 12. The van der Waals surface area contributed by atoms with Gasteiger partial charge in [0.25, 0.3) is 0 Å². The van der Waals surface area contributed by atoms with Gasteiger partial charge in [-0.25, -0.2) is 14.5 Å². The molecule has 228 valence electrons. The quantitative estimate of drug-likeness (QED) is 0.138. The van der Waals surface area contributed by atoms with Crippen LogP contribution in [0.5, 0.6) is 11.6 Å². The van der Waals surface area contributed by atoms with Crippen LogP contribution in [0.25, 0.3) is 22.2 Å². The van der Waals surface area contributed by atoms with E-state index in [9.17, 15) is 4.79 Å². The number of benzene rings is 1. The lowest BCUT2D eigenvalue weighted by atomic mass is 10.0. The molecular weight excluding hydrogens is 562 g/mol. The minimum Gasteiger partial charge on any atom is -0.464 e. The van der Waals surface area contributed by atoms with Crippen LogP contribution >= 0.6 is 0 Å². The summed E-state index contributed by atoms with van der Waals surface area (Å²) in [5.41, 5.74) is 3.90. The highest BCUT2D eigenvalue weighted by Crippen LogP contribution is 2.30. The number of carbonyl (C=O) groups excluding carboxylic acids is 1. The summed E-state index contributed by atoms with van der Waals surface area (Å²) in [6.07, 6.45) is 8.18. The number of pyridine rings is 1. The predicted molar refractivity (Wildman–Crippen MR) is 167 cm³/mol. The lowest BCUT2D eigenvalue weighted by molar-refractivity contribution is 0.0798. The Bertz CT molecular complexity index is 1520. The molecule has 0 radical (unpaired) electrons. The maximum Gasteiger partial charge on any atom is 0.410 e. The zero-order chi connectivity index (χ0) is 29.8. The van der Waals surface area contributed by atoms with Gasteiger partial charge in [0.05, 0.1) is 18.5 Å². The zero-order valence-electron chi connectivity index (χ0n) is 25.3. The summed E-state index contributed by atoms with van der Waals surface area (Å²) in [5, 5.41) is 5.52. The molecule has 5 heterocycles. The van der Waals surface area contributed by atoms with Crippen LogP contribution in [0.1, 0.15) is 18.4 Å². The first-order valence-electron chi connectivity index (χ1n) is 15.2. The summed E-state index contributed by atoms with van der Waals surface area (Å²) in [4.78, 5) is 20.8. The van der Waals surface area contributed by atoms with Crippen LogP contribution in [0.15, 0.2) is 59.5 Å². The molecule has 2 aliphatic heterocycles. The Morgan fingerprint density at radius 1 is 1.07 bits per heavy atom. The molecule has 0 bridgehead atoms. The van der Waals surface area contributed by atoms with Gasteiger partial charge in [0, 0.05) is 75.8 Å². The summed E-state index contributed by atoms with van der Waals surface area (Å²) >= 11 is 0. The fourth-order valence-electron chi connectivity index (χ4n) is 5.71. The van der Waals surface area contributed by atoms with Gasteiger partial charge in [-0.1, -0.05) is 19.6 Å². The van der Waals surface area contributed by atoms with E-state index >= 15 is 0 Å². The largest absolute Gasteiger partial charge is 0.464 e. The monoisotopic (exact) mass is 603 g/mol. The molecule has 4 aromatic rings. The molecule has 0 spiro atoms. The molecule has 0 saturated carbocycles. The van der Waals surface area contributed by atoms with Gasteiger partial charge in [-0.15, -0.1) is 0 Å². The summed E-state index contributed by atoms with van der Waals surface area (Å²) < 4.78 is 24.8. The van der Waals surface area contributed by atoms with Gasteiger partial charge in [-0.3, -0.25) is 0 Å². The molecule has 43 heavy (non-hydrogen) atoms. The number of ether oxygens (including phenoxy) is 3. The Kier molecular flexibility index (Phi) is 8.82. The van der Waals surface area contributed by atoms with E-state index in [4.69, 9.17) is 18.6 Å². The van der Waals surface area contributed by atoms with E-state index in [0.717, 1.165) is 80.3 Å². The Labute approximate surface area is 253 Å². The number of hydrogen-bond acceptors (Lipinski definition) is 8. The minimum atomic E-state index is -1.13. The maximum atomic E-state index is 11.9. The molecule has 2 aliphatic rings. The number of likely N-dealkylation sites (tertiary alicyclic amines) is 1. The Morgan fingerprint density at radius 3 is 2.67 bits per heavy atom. The average Bonchev–Trinajstić information content (AvgIpc) is 3.74. The number of furan rings is 1. The molecule has 6 rings (SSSR count). The molecule has 0 N–H and O–H groups in total. The molecule has 3 aromatic heterocycles. The highest BCUT2D eigenvalue weighted by atomic mass is 28.3. The van der Waals surface area contributed by atoms with Crippen molar-refractivity contribution in [3.63, 3.8) is 0 Å². The second-order valence-electron chi connectivity index (χ2n) is 12.6. The average molecular weight is 604 g/mol. The molecule has 2 fully saturated rings. The third-order valence-electron chi connectivity index (χ3n) is 8.30. The van der Waals surface area contributed by atoms with Gasteiger partial charge >= 0.3 is 6.09 Å². The van der Waals surface area contributed by atoms with Crippen LogP contribution in [0.2, 0.25) is 25.7 Å². The van der Waals surface area contributed by atoms with Crippen molar-refractivity contribution in [1.82, 2.24) is 24.6 Å². The van der Waals surface area contributed by atoms with Crippen LogP contribution < -0.4 is 4.74 Å². The van der Waals surface area contributed by atoms with Crippen molar-refractivity contribution in [1.29, 1.82) is 0 Å². The van der Waals surface area contributed by atoms with Crippen LogP contribution in [0, 0.1) is 0 Å². The van der Waals surface area contributed by atoms with Gasteiger partial charge in [0.1, 0.15) is 24.7 Å². The molecule has 1 amide bonds. The number of cyclic esters (lactones) is 1. The van der Waals surface area contributed by atoms with Gasteiger partial charge in [0.15, 0.2) is 0 Å². The van der Waals surface area contributed by atoms with Crippen molar-refractivity contribution in [3.05, 3.63) is 60.6 Å². The normalized spacial score (nSPS) is 16.7. The summed E-state index contributed by atoms with van der Waals surface area (Å²) in [5.74, 6) is 1.19. The standard InChI is InChI=1S/C32H41N5O5Si/c1-43(2,3)19-18-39-23-37-29(8-12-34-37)24-4-7-31(33-21-24)42-27-5-6-28-25(22-41-30(28)20-27)9-13-35-14-10-26(11-15-35)36-16-17-40-32(36)38/h4-8,12,20-22,26H,9-11,13-19,23H2,1-3H3. The molecule has 10 nitrogen and oxygen atoms in total. The third-order valence-corrected chi connectivity index (χ3v) is 10.00. The highest BCUT2D eigenvalue weighted by molar-refractivity contribution is 6.76. The number of carbonyl (C=O) groups is 1. The summed E-state index contributed by atoms with van der Waals surface area (Å²) in [7, 11) is -1.13. The van der Waals surface area contributed by atoms with Crippen LogP contribution in [0.4, 0.5) is 4.79 Å². The van der Waals surface area contributed by atoms with Crippen molar-refractivity contribution in [3.8, 4) is 22.9 Å². The molecule has 0 atom stereocenters. The van der Waals surface area contributed by atoms with Crippen molar-refractivity contribution in [2.45, 2.75) is 57.7 Å². The van der Waals surface area contributed by atoms with E-state index in [-0.39, 0.29) is 6.09 Å². The SMILES string of the molecule is C[Si](C)(C)CCOCn1nccc1-c1ccc(Oc2ccc3c(CCN4CCC(N5CCOC5=O)CC4)coc3c2)nc1. The van der Waals surface area contributed by atoms with Gasteiger partial charge in [-0.05, 0) is 55.1 Å². The number of nitrogens with zero attached hydrogens (tertiary/aromatic N) is 5. The number of aromatic nitrogens is 3. The summed E-state index contributed by atoms with van der Waals surface area (Å²) in [6.45, 7) is 12.4. The van der Waals surface area contributed by atoms with Gasteiger partial charge < -0.3 is 28.4 Å². The van der Waals surface area contributed by atoms with E-state index in [1.807, 2.05) is 46.2 Å². The predicted octanol–water partition coefficient (Wildman–Crippen LogP) is 6.26. The van der Waals surface area contributed by atoms with Crippen molar-refractivity contribution < 1.29 is 23.4 Å². The molecular formula is C32H41N5O5Si.